The molecule has 0 atom stereocenters. The van der Waals surface area contributed by atoms with Gasteiger partial charge in [0.2, 0.25) is 0 Å². The average molecular weight is 159 g/mol. The number of H-pyrrole nitrogens is 1. The summed E-state index contributed by atoms with van der Waals surface area (Å²) in [5.41, 5.74) is -0.218. The molecule has 0 amide bonds. The lowest BCUT2D eigenvalue weighted by Gasteiger charge is -1.88. The Labute approximate surface area is 63.4 Å². The molecule has 0 radical (unpaired) electrons. The van der Waals surface area contributed by atoms with Crippen LogP contribution >= 0.6 is 0 Å². The molecule has 0 aliphatic heterocycles. The molecule has 0 aliphatic rings. The highest BCUT2D eigenvalue weighted by Gasteiger charge is 2.07. The molecule has 0 saturated carbocycles. The lowest BCUT2D eigenvalue weighted by molar-refractivity contribution is -0.786. The van der Waals surface area contributed by atoms with Gasteiger partial charge in [-0.2, -0.15) is 0 Å². The van der Waals surface area contributed by atoms with Crippen molar-refractivity contribution in [3.8, 4) is 0 Å². The Bertz CT molecular complexity index is 276. The van der Waals surface area contributed by atoms with E-state index in [1.54, 1.807) is 14.2 Å². The van der Waals surface area contributed by atoms with E-state index in [-0.39, 0.29) is 5.69 Å². The Morgan fingerprint density at radius 1 is 1.82 bits per heavy atom. The summed E-state index contributed by atoms with van der Waals surface area (Å²) in [6, 6.07) is 0. The molecule has 0 aromatic carbocycles. The van der Waals surface area contributed by atoms with E-state index in [1.165, 1.54) is 9.48 Å². The Hall–Kier alpha value is -1.17. The van der Waals surface area contributed by atoms with Gasteiger partial charge in [0.25, 0.3) is 0 Å². The highest BCUT2D eigenvalue weighted by molar-refractivity contribution is 4.47. The predicted octanol–water partition coefficient (Wildman–Crippen LogP) is -1.96. The summed E-state index contributed by atoms with van der Waals surface area (Å²) >= 11 is 0. The molecule has 0 aliphatic carbocycles. The molecule has 1 rings (SSSR count). The number of hydrogen-bond donors (Lipinski definition) is 1. The fourth-order valence-corrected chi connectivity index (χ4v) is 0.745. The number of tetrazole rings is 1. The van der Waals surface area contributed by atoms with Crippen LogP contribution in [0.25, 0.3) is 0 Å². The summed E-state index contributed by atoms with van der Waals surface area (Å²) in [6.45, 7) is 0.970. The first-order chi connectivity index (χ1) is 5.24. The first kappa shape index (κ1) is 7.93. The van der Waals surface area contributed by atoms with Crippen molar-refractivity contribution in [2.24, 2.45) is 7.05 Å². The largest absolute Gasteiger partial charge is 0.466 e. The second kappa shape index (κ2) is 3.29. The maximum Gasteiger partial charge on any atom is 0.466 e. The Balaban J connectivity index is 2.70. The van der Waals surface area contributed by atoms with Gasteiger partial charge in [-0.3, -0.25) is 0 Å². The fourth-order valence-electron chi connectivity index (χ4n) is 0.745. The normalized spacial score (nSPS) is 10.4. The van der Waals surface area contributed by atoms with Crippen LogP contribution in [0, 0.1) is 0 Å². The average Bonchev–Trinajstić information content (AvgIpc) is 2.26. The molecule has 6 heteroatoms. The van der Waals surface area contributed by atoms with Gasteiger partial charge < -0.3 is 4.74 Å². The summed E-state index contributed by atoms with van der Waals surface area (Å²) < 4.78 is 6.10. The van der Waals surface area contributed by atoms with E-state index in [9.17, 15) is 4.79 Å². The van der Waals surface area contributed by atoms with Crippen molar-refractivity contribution in [1.82, 2.24) is 15.0 Å². The molecular formula is C5H11N4O2+. The zero-order valence-electron chi connectivity index (χ0n) is 6.57. The lowest BCUT2D eigenvalue weighted by atomic mass is 10.7. The molecule has 6 nitrogen and oxygen atoms in total. The Morgan fingerprint density at radius 3 is 3.00 bits per heavy atom. The smallest absolute Gasteiger partial charge is 0.381 e. The highest BCUT2D eigenvalue weighted by Crippen LogP contribution is 1.70. The van der Waals surface area contributed by atoms with Crippen molar-refractivity contribution < 1.29 is 9.53 Å². The second-order valence-corrected chi connectivity index (χ2v) is 2.15. The first-order valence-electron chi connectivity index (χ1n) is 3.26. The van der Waals surface area contributed by atoms with Gasteiger partial charge in [-0.05, 0) is 0 Å². The van der Waals surface area contributed by atoms with Crippen LogP contribution in [-0.4, -0.2) is 28.7 Å². The van der Waals surface area contributed by atoms with Gasteiger partial charge in [0.15, 0.2) is 0 Å². The molecule has 0 spiro atoms. The van der Waals surface area contributed by atoms with E-state index in [2.05, 4.69) is 10.3 Å². The standard InChI is InChI=1S/C5H10N4O2/c1-8-6-5(10)9(7-8)3-4-11-2/h3-4H2,1-2H3/p+1. The minimum absolute atomic E-state index is 0.218. The van der Waals surface area contributed by atoms with Crippen LogP contribution in [0.5, 0.6) is 0 Å². The zero-order chi connectivity index (χ0) is 8.27. The number of ether oxygens (including phenoxy) is 1. The van der Waals surface area contributed by atoms with Crippen molar-refractivity contribution in [2.75, 3.05) is 13.7 Å². The van der Waals surface area contributed by atoms with Gasteiger partial charge in [0, 0.05) is 7.11 Å². The lowest BCUT2D eigenvalue weighted by Crippen LogP contribution is -2.35. The molecule has 0 bridgehead atoms. The summed E-state index contributed by atoms with van der Waals surface area (Å²) in [5.74, 6) is 0. The molecule has 1 heterocycles. The van der Waals surface area contributed by atoms with Crippen LogP contribution in [0.15, 0.2) is 4.79 Å². The predicted molar refractivity (Wildman–Crippen MR) is 35.9 cm³/mol. The van der Waals surface area contributed by atoms with E-state index < -0.39 is 0 Å². The Morgan fingerprint density at radius 2 is 2.55 bits per heavy atom. The minimum atomic E-state index is -0.218. The highest BCUT2D eigenvalue weighted by atomic mass is 16.5. The van der Waals surface area contributed by atoms with Gasteiger partial charge in [0.05, 0.1) is 6.61 Å². The number of nitrogens with one attached hydrogen (secondary N) is 1. The third kappa shape index (κ3) is 1.87. The number of nitrogens with zero attached hydrogens (tertiary/aromatic N) is 3. The van der Waals surface area contributed by atoms with Crippen molar-refractivity contribution in [3.05, 3.63) is 10.5 Å². The molecule has 11 heavy (non-hydrogen) atoms. The molecular weight excluding hydrogens is 148 g/mol. The number of methoxy groups -OCH3 is 1. The fraction of sp³-hybridized carbons (Fsp3) is 0.800. The van der Waals surface area contributed by atoms with Crippen molar-refractivity contribution in [3.63, 3.8) is 0 Å². The van der Waals surface area contributed by atoms with Crippen LogP contribution in [0.3, 0.4) is 0 Å². The van der Waals surface area contributed by atoms with Crippen LogP contribution in [0.4, 0.5) is 0 Å². The van der Waals surface area contributed by atoms with E-state index in [0.717, 1.165) is 0 Å². The van der Waals surface area contributed by atoms with Gasteiger partial charge in [0.1, 0.15) is 18.8 Å². The second-order valence-electron chi connectivity index (χ2n) is 2.15. The van der Waals surface area contributed by atoms with Crippen LogP contribution < -0.4 is 10.5 Å². The molecule has 1 N–H and O–H groups in total. The molecule has 0 unspecified atom stereocenters. The molecule has 1 aromatic heterocycles. The van der Waals surface area contributed by atoms with Crippen LogP contribution in [0.2, 0.25) is 0 Å². The Kier molecular flexibility index (Phi) is 2.37. The maximum absolute atomic E-state index is 10.9. The number of hydrogen-bond acceptors (Lipinski definition) is 3. The summed E-state index contributed by atoms with van der Waals surface area (Å²) in [6.07, 6.45) is 0. The van der Waals surface area contributed by atoms with E-state index >= 15 is 0 Å². The summed E-state index contributed by atoms with van der Waals surface area (Å²) in [7, 11) is 3.24. The zero-order valence-corrected chi connectivity index (χ0v) is 6.57. The number of aryl methyl sites for hydroxylation is 1. The molecule has 0 saturated heterocycles. The number of rotatable bonds is 3. The van der Waals surface area contributed by atoms with E-state index in [0.29, 0.717) is 13.2 Å². The molecule has 1 aromatic rings. The SMILES string of the molecule is COCCn1n[n+](C)[nH]c1=O. The van der Waals surface area contributed by atoms with E-state index in [1.807, 2.05) is 0 Å². The van der Waals surface area contributed by atoms with Crippen molar-refractivity contribution >= 4 is 0 Å². The van der Waals surface area contributed by atoms with Gasteiger partial charge in [-0.1, -0.05) is 9.48 Å². The van der Waals surface area contributed by atoms with Crippen LogP contribution in [0.1, 0.15) is 0 Å². The third-order valence-corrected chi connectivity index (χ3v) is 1.24. The molecule has 62 valence electrons. The summed E-state index contributed by atoms with van der Waals surface area (Å²) in [4.78, 5) is 12.3. The topological polar surface area (TPSA) is 63.8 Å². The number of aromatic nitrogens is 4. The van der Waals surface area contributed by atoms with Crippen molar-refractivity contribution in [2.45, 2.75) is 6.54 Å². The summed E-state index contributed by atoms with van der Waals surface area (Å²) in [5, 5.41) is 6.31. The van der Waals surface area contributed by atoms with E-state index in [4.69, 9.17) is 4.74 Å². The maximum atomic E-state index is 10.9. The first-order valence-corrected chi connectivity index (χ1v) is 3.26. The van der Waals surface area contributed by atoms with Gasteiger partial charge in [-0.15, -0.1) is 5.10 Å². The van der Waals surface area contributed by atoms with Gasteiger partial charge in [-0.25, -0.2) is 4.79 Å². The van der Waals surface area contributed by atoms with Crippen LogP contribution in [-0.2, 0) is 18.3 Å². The number of aromatic amines is 1. The van der Waals surface area contributed by atoms with Gasteiger partial charge >= 0.3 is 5.69 Å². The minimum Gasteiger partial charge on any atom is -0.381 e. The monoisotopic (exact) mass is 159 g/mol. The quantitative estimate of drug-likeness (QED) is 0.521. The molecule has 0 fully saturated rings. The third-order valence-electron chi connectivity index (χ3n) is 1.24. The van der Waals surface area contributed by atoms with Crippen molar-refractivity contribution in [1.29, 1.82) is 0 Å².